The van der Waals surface area contributed by atoms with Crippen LogP contribution in [0.15, 0.2) is 0 Å². The quantitative estimate of drug-likeness (QED) is 0.194. The molecule has 0 heterocycles. The second kappa shape index (κ2) is 7.10. The molecule has 8 nitrogen and oxygen atoms in total. The Morgan fingerprint density at radius 3 is 1.80 bits per heavy atom. The van der Waals surface area contributed by atoms with Gasteiger partial charge in [-0.25, -0.2) is 27.0 Å². The van der Waals surface area contributed by atoms with Crippen molar-refractivity contribution >= 4 is 0 Å². The predicted molar refractivity (Wildman–Crippen MR) is 81.6 cm³/mol. The molecule has 0 rings (SSSR count). The molecule has 0 fully saturated rings. The Kier molecular flexibility index (Phi) is 6.99. The van der Waals surface area contributed by atoms with Gasteiger partial charge in [0.1, 0.15) is 0 Å². The predicted octanol–water partition coefficient (Wildman–Crippen LogP) is -1.79. The average molecular weight is 292 g/mol. The maximum atomic E-state index is 10.5. The highest BCUT2D eigenvalue weighted by Crippen LogP contribution is 2.28. The number of nitrogens with two attached hydrogens (primary N) is 2. The molecule has 0 aromatic heterocycles. The van der Waals surface area contributed by atoms with Gasteiger partial charge in [-0.15, -0.1) is 9.60 Å². The van der Waals surface area contributed by atoms with Crippen LogP contribution in [0.25, 0.3) is 0 Å². The molecule has 2 atom stereocenters. The third-order valence-corrected chi connectivity index (χ3v) is 4.04. The van der Waals surface area contributed by atoms with Crippen molar-refractivity contribution in [3.8, 4) is 0 Å². The van der Waals surface area contributed by atoms with Gasteiger partial charge in [0.05, 0.1) is 7.05 Å². The van der Waals surface area contributed by atoms with Crippen LogP contribution in [0.2, 0.25) is 0 Å². The van der Waals surface area contributed by atoms with Crippen LogP contribution in [0, 0.1) is 0 Å². The first-order valence-electron chi connectivity index (χ1n) is 7.12. The van der Waals surface area contributed by atoms with Crippen LogP contribution in [0.5, 0.6) is 0 Å². The van der Waals surface area contributed by atoms with Crippen molar-refractivity contribution in [2.75, 3.05) is 47.8 Å². The Morgan fingerprint density at radius 2 is 1.60 bits per heavy atom. The van der Waals surface area contributed by atoms with Crippen LogP contribution in [0.4, 0.5) is 0 Å². The minimum Gasteiger partial charge on any atom is -0.315 e. The van der Waals surface area contributed by atoms with Gasteiger partial charge in [0.25, 0.3) is 5.91 Å². The molecule has 8 heteroatoms. The van der Waals surface area contributed by atoms with Gasteiger partial charge in [0, 0.05) is 19.6 Å². The van der Waals surface area contributed by atoms with Gasteiger partial charge in [-0.05, 0) is 35.0 Å². The third kappa shape index (κ3) is 2.97. The van der Waals surface area contributed by atoms with Gasteiger partial charge in [0.15, 0.2) is 0 Å². The molecule has 0 aromatic carbocycles. The van der Waals surface area contributed by atoms with Crippen molar-refractivity contribution in [3.05, 3.63) is 0 Å². The van der Waals surface area contributed by atoms with E-state index < -0.39 is 11.9 Å². The Labute approximate surface area is 123 Å². The molecule has 0 amide bonds. The maximum Gasteiger partial charge on any atom is 0.342 e. The molecule has 7 N–H and O–H groups in total. The first-order chi connectivity index (χ1) is 9.08. The lowest BCUT2D eigenvalue weighted by Gasteiger charge is -2.59. The van der Waals surface area contributed by atoms with Crippen molar-refractivity contribution in [3.63, 3.8) is 0 Å². The summed E-state index contributed by atoms with van der Waals surface area (Å²) >= 11 is 0. The Balaban J connectivity index is 6.17. The molecule has 0 aromatic rings. The van der Waals surface area contributed by atoms with Crippen molar-refractivity contribution in [1.29, 1.82) is 0 Å². The smallest absolute Gasteiger partial charge is 0.315 e. The standard InChI is InChI=1S/C12H34N7O/c1-8-16-12(15-4,17(5)6)19(7,11(13,14)20)18(9-2)10-3/h15-16,20H,8-10,13-14H2,1-7H3/q+1. The van der Waals surface area contributed by atoms with Gasteiger partial charge in [-0.1, -0.05) is 6.92 Å². The van der Waals surface area contributed by atoms with Gasteiger partial charge in [-0.3, -0.25) is 0 Å². The summed E-state index contributed by atoms with van der Waals surface area (Å²) in [5.74, 6) is -2.81. The maximum absolute atomic E-state index is 10.5. The Hall–Kier alpha value is -0.320. The lowest BCUT2D eigenvalue weighted by Crippen LogP contribution is -2.93. The fraction of sp³-hybridized carbons (Fsp3) is 1.00. The molecule has 0 saturated carbocycles. The van der Waals surface area contributed by atoms with Crippen molar-refractivity contribution in [1.82, 2.24) is 20.5 Å². The lowest BCUT2D eigenvalue weighted by molar-refractivity contribution is -1.13. The van der Waals surface area contributed by atoms with E-state index in [0.29, 0.717) is 19.6 Å². The molecule has 0 spiro atoms. The summed E-state index contributed by atoms with van der Waals surface area (Å²) in [4.78, 5) is 1.93. The zero-order chi connectivity index (χ0) is 16.2. The second-order valence-electron chi connectivity index (χ2n) is 5.23. The molecular weight excluding hydrogens is 258 g/mol. The molecule has 2 unspecified atom stereocenters. The summed E-state index contributed by atoms with van der Waals surface area (Å²) < 4.78 is -0.135. The van der Waals surface area contributed by atoms with E-state index in [1.165, 1.54) is 0 Å². The molecule has 20 heavy (non-hydrogen) atoms. The summed E-state index contributed by atoms with van der Waals surface area (Å²) in [7, 11) is 7.44. The number of quaternary nitrogens is 1. The van der Waals surface area contributed by atoms with Crippen molar-refractivity contribution < 1.29 is 9.70 Å². The van der Waals surface area contributed by atoms with E-state index in [2.05, 4.69) is 10.6 Å². The summed E-state index contributed by atoms with van der Waals surface area (Å²) in [6.07, 6.45) is 0. The van der Waals surface area contributed by atoms with Crippen LogP contribution in [0.1, 0.15) is 20.8 Å². The highest BCUT2D eigenvalue weighted by molar-refractivity contribution is 4.74. The van der Waals surface area contributed by atoms with Crippen LogP contribution in [-0.4, -0.2) is 79.3 Å². The van der Waals surface area contributed by atoms with E-state index >= 15 is 0 Å². The molecule has 0 radical (unpaired) electrons. The average Bonchev–Trinajstić information content (AvgIpc) is 2.35. The molecule has 0 bridgehead atoms. The summed E-state index contributed by atoms with van der Waals surface area (Å²) in [6, 6.07) is 0. The zero-order valence-electron chi connectivity index (χ0n) is 14.1. The van der Waals surface area contributed by atoms with Crippen LogP contribution < -0.4 is 22.1 Å². The number of nitrogens with one attached hydrogen (secondary N) is 2. The van der Waals surface area contributed by atoms with Crippen LogP contribution >= 0.6 is 0 Å². The highest BCUT2D eigenvalue weighted by atomic mass is 16.4. The largest absolute Gasteiger partial charge is 0.342 e. The fourth-order valence-corrected chi connectivity index (χ4v) is 2.96. The molecule has 0 saturated heterocycles. The number of aliphatic hydroxyl groups is 1. The summed E-state index contributed by atoms with van der Waals surface area (Å²) in [5, 5.41) is 19.1. The van der Waals surface area contributed by atoms with Gasteiger partial charge in [0.2, 0.25) is 0 Å². The molecule has 0 aliphatic carbocycles. The van der Waals surface area contributed by atoms with E-state index in [-0.39, 0.29) is 4.59 Å². The summed E-state index contributed by atoms with van der Waals surface area (Å²) in [6.45, 7) is 8.07. The third-order valence-electron chi connectivity index (χ3n) is 4.04. The SMILES string of the molecule is CCNC(NC)(N(C)C)[N+](C)(N(CC)CC)C(N)(N)O. The van der Waals surface area contributed by atoms with Gasteiger partial charge in [-0.2, -0.15) is 0 Å². The number of nitrogens with zero attached hydrogens (tertiary/aromatic N) is 3. The van der Waals surface area contributed by atoms with E-state index in [9.17, 15) is 5.11 Å². The van der Waals surface area contributed by atoms with Gasteiger partial charge >= 0.3 is 5.97 Å². The van der Waals surface area contributed by atoms with Gasteiger partial charge < -0.3 is 5.11 Å². The van der Waals surface area contributed by atoms with E-state index in [0.717, 1.165) is 0 Å². The molecule has 0 aliphatic heterocycles. The minimum absolute atomic E-state index is 0.135. The normalized spacial score (nSPS) is 19.2. The van der Waals surface area contributed by atoms with Crippen molar-refractivity contribution in [2.45, 2.75) is 32.7 Å². The molecule has 122 valence electrons. The van der Waals surface area contributed by atoms with E-state index in [1.54, 1.807) is 0 Å². The van der Waals surface area contributed by atoms with Crippen molar-refractivity contribution in [2.24, 2.45) is 11.5 Å². The topological polar surface area (TPSA) is 103 Å². The van der Waals surface area contributed by atoms with E-state index in [1.807, 2.05) is 58.9 Å². The lowest BCUT2D eigenvalue weighted by atomic mass is 10.3. The second-order valence-corrected chi connectivity index (χ2v) is 5.23. The van der Waals surface area contributed by atoms with Crippen LogP contribution in [-0.2, 0) is 0 Å². The first-order valence-corrected chi connectivity index (χ1v) is 7.12. The molecule has 0 aliphatic rings. The number of hydrogen-bond donors (Lipinski definition) is 5. The fourth-order valence-electron chi connectivity index (χ4n) is 2.96. The zero-order valence-corrected chi connectivity index (χ0v) is 14.1. The summed E-state index contributed by atoms with van der Waals surface area (Å²) in [5.41, 5.74) is 11.9. The monoisotopic (exact) mass is 292 g/mol. The first kappa shape index (κ1) is 19.7. The van der Waals surface area contributed by atoms with Crippen LogP contribution in [0.3, 0.4) is 0 Å². The number of hydrogen-bond acceptors (Lipinski definition) is 7. The Morgan fingerprint density at radius 1 is 1.15 bits per heavy atom. The van der Waals surface area contributed by atoms with E-state index in [4.69, 9.17) is 11.5 Å². The highest BCUT2D eigenvalue weighted by Gasteiger charge is 2.62. The number of rotatable bonds is 9. The molecular formula is C12H34N7O+. The Bertz CT molecular complexity index is 290. The minimum atomic E-state index is -1.96.